The molecule has 0 unspecified atom stereocenters. The van der Waals surface area contributed by atoms with E-state index in [4.69, 9.17) is 17.0 Å². The molecule has 8 nitrogen and oxygen atoms in total. The van der Waals surface area contributed by atoms with Crippen LogP contribution in [0, 0.1) is 6.92 Å². The molecule has 1 aliphatic rings. The van der Waals surface area contributed by atoms with Gasteiger partial charge in [-0.1, -0.05) is 24.3 Å². The number of nitrogens with zero attached hydrogens (tertiary/aromatic N) is 4. The zero-order valence-corrected chi connectivity index (χ0v) is 23.2. The fourth-order valence-corrected chi connectivity index (χ4v) is 5.48. The number of thiocarbonyl (C=S) groups is 1. The number of rotatable bonds is 8. The summed E-state index contributed by atoms with van der Waals surface area (Å²) in [5, 5.41) is 7.01. The summed E-state index contributed by atoms with van der Waals surface area (Å²) in [5.74, 6) is 0.408. The zero-order valence-electron chi connectivity index (χ0n) is 22.3. The van der Waals surface area contributed by atoms with Crippen molar-refractivity contribution in [2.45, 2.75) is 19.0 Å². The first-order chi connectivity index (χ1) is 20.1. The predicted molar refractivity (Wildman–Crippen MR) is 163 cm³/mol. The molecule has 0 aliphatic carbocycles. The Kier molecular flexibility index (Phi) is 7.42. The van der Waals surface area contributed by atoms with Crippen molar-refractivity contribution in [2.75, 3.05) is 16.8 Å². The lowest BCUT2D eigenvalue weighted by Crippen LogP contribution is -2.30. The van der Waals surface area contributed by atoms with Gasteiger partial charge < -0.3 is 24.8 Å². The van der Waals surface area contributed by atoms with Crippen molar-refractivity contribution in [1.82, 2.24) is 19.9 Å². The number of pyridine rings is 2. The molecule has 2 N–H and O–H groups in total. The molecule has 1 amide bonds. The summed E-state index contributed by atoms with van der Waals surface area (Å²) in [6.07, 6.45) is 5.42. The molecule has 0 saturated carbocycles. The van der Waals surface area contributed by atoms with Gasteiger partial charge in [0, 0.05) is 35.2 Å². The molecule has 0 spiro atoms. The van der Waals surface area contributed by atoms with Crippen molar-refractivity contribution in [2.24, 2.45) is 0 Å². The van der Waals surface area contributed by atoms with Gasteiger partial charge in [0.05, 0.1) is 23.6 Å². The lowest BCUT2D eigenvalue weighted by Gasteiger charge is -2.29. The number of aromatic nitrogens is 3. The smallest absolute Gasteiger partial charge is 0.262 e. The van der Waals surface area contributed by atoms with E-state index < -0.39 is 0 Å². The van der Waals surface area contributed by atoms with Gasteiger partial charge in [-0.3, -0.25) is 14.8 Å². The van der Waals surface area contributed by atoms with E-state index in [0.29, 0.717) is 16.5 Å². The molecule has 204 valence electrons. The van der Waals surface area contributed by atoms with Crippen LogP contribution in [-0.2, 0) is 4.79 Å². The van der Waals surface area contributed by atoms with Crippen LogP contribution in [0.5, 0.6) is 5.75 Å². The number of nitrogens with one attached hydrogen (secondary N) is 2. The van der Waals surface area contributed by atoms with Crippen molar-refractivity contribution in [3.63, 3.8) is 0 Å². The molecular formula is C32H28N6O2S. The molecule has 5 aromatic rings. The van der Waals surface area contributed by atoms with Gasteiger partial charge in [0.2, 0.25) is 0 Å². The minimum atomic E-state index is -0.238. The van der Waals surface area contributed by atoms with Crippen LogP contribution in [0.4, 0.5) is 11.4 Å². The molecule has 2 aromatic carbocycles. The highest BCUT2D eigenvalue weighted by molar-refractivity contribution is 7.80. The first-order valence-electron chi connectivity index (χ1n) is 13.3. The first-order valence-corrected chi connectivity index (χ1v) is 13.7. The fourth-order valence-electron chi connectivity index (χ4n) is 5.13. The summed E-state index contributed by atoms with van der Waals surface area (Å²) in [7, 11) is 0. The lowest BCUT2D eigenvalue weighted by atomic mass is 10.0. The van der Waals surface area contributed by atoms with Crippen LogP contribution in [0.1, 0.15) is 29.2 Å². The zero-order chi connectivity index (χ0) is 28.2. The molecule has 4 heterocycles. The Balaban J connectivity index is 1.30. The van der Waals surface area contributed by atoms with E-state index in [0.717, 1.165) is 28.5 Å². The van der Waals surface area contributed by atoms with Crippen LogP contribution in [0.25, 0.3) is 5.69 Å². The third-order valence-electron chi connectivity index (χ3n) is 6.95. The second kappa shape index (κ2) is 11.6. The molecule has 0 radical (unpaired) electrons. The van der Waals surface area contributed by atoms with Crippen LogP contribution in [0.2, 0.25) is 0 Å². The predicted octanol–water partition coefficient (Wildman–Crippen LogP) is 5.77. The minimum Gasteiger partial charge on any atom is -0.484 e. The first kappa shape index (κ1) is 26.2. The van der Waals surface area contributed by atoms with Crippen molar-refractivity contribution < 1.29 is 9.53 Å². The molecule has 1 aliphatic heterocycles. The summed E-state index contributed by atoms with van der Waals surface area (Å²) in [4.78, 5) is 23.6. The Morgan fingerprint density at radius 3 is 2.46 bits per heavy atom. The second-order valence-corrected chi connectivity index (χ2v) is 10.0. The van der Waals surface area contributed by atoms with E-state index in [9.17, 15) is 4.79 Å². The summed E-state index contributed by atoms with van der Waals surface area (Å²) >= 11 is 5.91. The van der Waals surface area contributed by atoms with E-state index in [2.05, 4.69) is 49.1 Å². The van der Waals surface area contributed by atoms with Crippen LogP contribution >= 0.6 is 12.2 Å². The number of ether oxygens (including phenoxy) is 1. The number of para-hydroxylation sites is 1. The second-order valence-electron chi connectivity index (χ2n) is 9.64. The Morgan fingerprint density at radius 2 is 1.73 bits per heavy atom. The molecule has 1 saturated heterocycles. The largest absolute Gasteiger partial charge is 0.484 e. The minimum absolute atomic E-state index is 0.0790. The number of amides is 1. The summed E-state index contributed by atoms with van der Waals surface area (Å²) in [6.45, 7) is 2.00. The number of carbonyl (C=O) groups excluding carboxylic acids is 1. The number of aryl methyl sites for hydroxylation is 1. The van der Waals surface area contributed by atoms with Gasteiger partial charge in [0.25, 0.3) is 5.91 Å². The normalized spacial score (nSPS) is 16.3. The topological polar surface area (TPSA) is 84.3 Å². The fraction of sp³-hybridized carbons (Fsp3) is 0.125. The Hall–Kier alpha value is -5.02. The van der Waals surface area contributed by atoms with Gasteiger partial charge in [-0.05, 0) is 91.9 Å². The summed E-state index contributed by atoms with van der Waals surface area (Å²) < 4.78 is 7.77. The van der Waals surface area contributed by atoms with E-state index in [1.54, 1.807) is 12.4 Å². The van der Waals surface area contributed by atoms with Gasteiger partial charge in [-0.15, -0.1) is 0 Å². The lowest BCUT2D eigenvalue weighted by molar-refractivity contribution is -0.118. The molecule has 2 atom stereocenters. The van der Waals surface area contributed by atoms with E-state index >= 15 is 0 Å². The molecule has 1 fully saturated rings. The average Bonchev–Trinajstić information content (AvgIpc) is 3.57. The van der Waals surface area contributed by atoms with Gasteiger partial charge in [0.1, 0.15) is 11.8 Å². The quantitative estimate of drug-likeness (QED) is 0.233. The number of benzene rings is 2. The Labute approximate surface area is 243 Å². The van der Waals surface area contributed by atoms with E-state index in [1.807, 2.05) is 91.1 Å². The maximum Gasteiger partial charge on any atom is 0.262 e. The van der Waals surface area contributed by atoms with Gasteiger partial charge in [0.15, 0.2) is 11.7 Å². The number of hydrogen-bond donors (Lipinski definition) is 2. The molecule has 6 rings (SSSR count). The third-order valence-corrected chi connectivity index (χ3v) is 7.27. The molecule has 3 aromatic heterocycles. The van der Waals surface area contributed by atoms with Crippen LogP contribution in [0.3, 0.4) is 0 Å². The Morgan fingerprint density at radius 1 is 0.927 bits per heavy atom. The van der Waals surface area contributed by atoms with Gasteiger partial charge in [-0.2, -0.15) is 0 Å². The average molecular weight is 561 g/mol. The molecule has 9 heteroatoms. The number of anilines is 2. The van der Waals surface area contributed by atoms with Crippen LogP contribution in [-0.4, -0.2) is 32.2 Å². The standard InChI is InChI=1S/C32H28N6O2S/c1-22-12-17-28(37(22)25-8-7-18-33-20-25)31-30(27-11-5-6-19-34-27)36-32(41)38(31)24-15-13-23(14-16-24)35-29(39)21-40-26-9-3-2-4-10-26/h2-20,30-31H,21H2,1H3,(H,35,39)(H,36,41)/t30-,31-/m0/s1. The highest BCUT2D eigenvalue weighted by Crippen LogP contribution is 2.42. The maximum absolute atomic E-state index is 12.5. The summed E-state index contributed by atoms with van der Waals surface area (Å²) in [5.41, 5.74) is 5.55. The molecule has 41 heavy (non-hydrogen) atoms. The van der Waals surface area contributed by atoms with Crippen LogP contribution < -0.4 is 20.3 Å². The summed E-state index contributed by atoms with van der Waals surface area (Å²) in [6, 6.07) is 30.6. The van der Waals surface area contributed by atoms with E-state index in [-0.39, 0.29) is 24.6 Å². The Bertz CT molecular complexity index is 1640. The SMILES string of the molecule is Cc1ccc([C@H]2[C@H](c3ccccn3)NC(=S)N2c2ccc(NC(=O)COc3ccccc3)cc2)n1-c1cccnc1. The molecule has 0 bridgehead atoms. The van der Waals surface area contributed by atoms with Crippen molar-refractivity contribution in [3.05, 3.63) is 133 Å². The highest BCUT2D eigenvalue weighted by atomic mass is 32.1. The number of hydrogen-bond acceptors (Lipinski definition) is 5. The molecular weight excluding hydrogens is 532 g/mol. The van der Waals surface area contributed by atoms with Gasteiger partial charge >= 0.3 is 0 Å². The van der Waals surface area contributed by atoms with Crippen LogP contribution in [0.15, 0.2) is 116 Å². The third kappa shape index (κ3) is 5.53. The monoisotopic (exact) mass is 560 g/mol. The van der Waals surface area contributed by atoms with Crippen molar-refractivity contribution in [1.29, 1.82) is 0 Å². The van der Waals surface area contributed by atoms with Crippen molar-refractivity contribution in [3.8, 4) is 11.4 Å². The highest BCUT2D eigenvalue weighted by Gasteiger charge is 2.42. The van der Waals surface area contributed by atoms with E-state index in [1.165, 1.54) is 0 Å². The van der Waals surface area contributed by atoms with Gasteiger partial charge in [-0.25, -0.2) is 0 Å². The van der Waals surface area contributed by atoms with Crippen molar-refractivity contribution >= 4 is 34.6 Å². The maximum atomic E-state index is 12.5. The number of carbonyl (C=O) groups is 1.